The number of hydrogen-bond acceptors (Lipinski definition) is 5. The van der Waals surface area contributed by atoms with Gasteiger partial charge < -0.3 is 31.8 Å². The standard InChI is InChI=1S/C21H27N5O5/c22-14-6-3-4-8-23-20(30)17(10-18(27)28)26-21(31)16(25-19(14)29)9-12-11-24-15-7-2-1-5-13(12)15/h1-2,5,7,11,14,16-17,24H,3-4,6,8-10,22H2,(H,23,30)(H,25,29)(H,26,31)(H,27,28)/t14-,16+,17-/m1/s1. The van der Waals surface area contributed by atoms with Gasteiger partial charge in [0.2, 0.25) is 17.7 Å². The molecule has 7 N–H and O–H groups in total. The first-order valence-electron chi connectivity index (χ1n) is 10.3. The Kier molecular flexibility index (Phi) is 7.24. The number of amides is 3. The highest BCUT2D eigenvalue weighted by atomic mass is 16.4. The minimum atomic E-state index is -1.25. The van der Waals surface area contributed by atoms with Crippen LogP contribution in [0.2, 0.25) is 0 Å². The molecule has 3 atom stereocenters. The normalized spacial score (nSPS) is 23.6. The molecule has 0 spiro atoms. The number of carbonyl (C=O) groups excluding carboxylic acids is 3. The molecule has 1 saturated heterocycles. The van der Waals surface area contributed by atoms with E-state index in [1.807, 2.05) is 24.3 Å². The molecule has 3 amide bonds. The third kappa shape index (κ3) is 5.82. The fourth-order valence-corrected chi connectivity index (χ4v) is 3.62. The van der Waals surface area contributed by atoms with Crippen LogP contribution >= 0.6 is 0 Å². The summed E-state index contributed by atoms with van der Waals surface area (Å²) >= 11 is 0. The van der Waals surface area contributed by atoms with E-state index < -0.39 is 48.2 Å². The highest BCUT2D eigenvalue weighted by Gasteiger charge is 2.30. The summed E-state index contributed by atoms with van der Waals surface area (Å²) in [5, 5.41) is 17.9. The van der Waals surface area contributed by atoms with Gasteiger partial charge in [-0.25, -0.2) is 0 Å². The molecule has 1 aromatic heterocycles. The largest absolute Gasteiger partial charge is 0.481 e. The molecule has 166 valence electrons. The average Bonchev–Trinajstić information content (AvgIpc) is 3.14. The second kappa shape index (κ2) is 10.1. The van der Waals surface area contributed by atoms with Gasteiger partial charge in [-0.15, -0.1) is 0 Å². The monoisotopic (exact) mass is 429 g/mol. The number of fused-ring (bicyclic) bond motifs is 1. The number of carbonyl (C=O) groups is 4. The van der Waals surface area contributed by atoms with Gasteiger partial charge in [0.15, 0.2) is 0 Å². The van der Waals surface area contributed by atoms with Gasteiger partial charge in [-0.05, 0) is 30.9 Å². The van der Waals surface area contributed by atoms with Gasteiger partial charge in [0.25, 0.3) is 0 Å². The van der Waals surface area contributed by atoms with Crippen molar-refractivity contribution in [2.24, 2.45) is 5.73 Å². The smallest absolute Gasteiger partial charge is 0.305 e. The zero-order valence-electron chi connectivity index (χ0n) is 17.0. The Labute approximate surface area is 178 Å². The fourth-order valence-electron chi connectivity index (χ4n) is 3.62. The first-order chi connectivity index (χ1) is 14.8. The van der Waals surface area contributed by atoms with Crippen molar-refractivity contribution in [3.63, 3.8) is 0 Å². The molecular formula is C21H27N5O5. The maximum absolute atomic E-state index is 13.0. The van der Waals surface area contributed by atoms with Crippen LogP contribution in [0, 0.1) is 0 Å². The number of carboxylic acid groups (broad SMARTS) is 1. The fraction of sp³-hybridized carbons (Fsp3) is 0.429. The van der Waals surface area contributed by atoms with Gasteiger partial charge in [0.1, 0.15) is 12.1 Å². The molecule has 0 bridgehead atoms. The lowest BCUT2D eigenvalue weighted by Gasteiger charge is -2.23. The van der Waals surface area contributed by atoms with Gasteiger partial charge in [0, 0.05) is 30.1 Å². The Hall–Kier alpha value is -3.40. The molecule has 0 saturated carbocycles. The third-order valence-corrected chi connectivity index (χ3v) is 5.32. The highest BCUT2D eigenvalue weighted by molar-refractivity contribution is 5.95. The van der Waals surface area contributed by atoms with Crippen molar-refractivity contribution >= 4 is 34.6 Å². The summed E-state index contributed by atoms with van der Waals surface area (Å²) in [5.41, 5.74) is 7.66. The molecule has 0 radical (unpaired) electrons. The minimum Gasteiger partial charge on any atom is -0.481 e. The van der Waals surface area contributed by atoms with Crippen LogP contribution in [0.4, 0.5) is 0 Å². The van der Waals surface area contributed by atoms with Crippen LogP contribution in [-0.2, 0) is 25.6 Å². The van der Waals surface area contributed by atoms with Crippen LogP contribution in [0.1, 0.15) is 31.2 Å². The number of H-pyrrole nitrogens is 1. The van der Waals surface area contributed by atoms with E-state index in [1.165, 1.54) is 0 Å². The topological polar surface area (TPSA) is 166 Å². The summed E-state index contributed by atoms with van der Waals surface area (Å²) in [7, 11) is 0. The van der Waals surface area contributed by atoms with Gasteiger partial charge >= 0.3 is 5.97 Å². The van der Waals surface area contributed by atoms with E-state index in [1.54, 1.807) is 6.20 Å². The molecule has 0 aliphatic carbocycles. The van der Waals surface area contributed by atoms with Crippen LogP contribution in [0.3, 0.4) is 0 Å². The average molecular weight is 429 g/mol. The number of para-hydroxylation sites is 1. The van der Waals surface area contributed by atoms with Crippen LogP contribution in [0.25, 0.3) is 10.9 Å². The number of nitrogens with two attached hydrogens (primary N) is 1. The van der Waals surface area contributed by atoms with E-state index in [4.69, 9.17) is 10.8 Å². The first-order valence-corrected chi connectivity index (χ1v) is 10.3. The second-order valence-corrected chi connectivity index (χ2v) is 7.68. The zero-order chi connectivity index (χ0) is 22.4. The Morgan fingerprint density at radius 3 is 2.55 bits per heavy atom. The van der Waals surface area contributed by atoms with Crippen molar-refractivity contribution in [1.82, 2.24) is 20.9 Å². The number of aliphatic carboxylic acids is 1. The number of rotatable bonds is 4. The van der Waals surface area contributed by atoms with Crippen molar-refractivity contribution in [2.45, 2.75) is 50.2 Å². The van der Waals surface area contributed by atoms with Crippen molar-refractivity contribution in [3.05, 3.63) is 36.0 Å². The molecule has 0 unspecified atom stereocenters. The maximum Gasteiger partial charge on any atom is 0.305 e. The summed E-state index contributed by atoms with van der Waals surface area (Å²) in [4.78, 5) is 52.4. The van der Waals surface area contributed by atoms with Crippen molar-refractivity contribution in [3.8, 4) is 0 Å². The Balaban J connectivity index is 1.87. The summed E-state index contributed by atoms with van der Waals surface area (Å²) in [6.07, 6.45) is 2.93. The number of hydrogen-bond donors (Lipinski definition) is 6. The lowest BCUT2D eigenvalue weighted by Crippen LogP contribution is -2.56. The molecule has 2 heterocycles. The molecular weight excluding hydrogens is 402 g/mol. The van der Waals surface area contributed by atoms with Gasteiger partial charge in [-0.3, -0.25) is 19.2 Å². The number of aromatic amines is 1. The summed E-state index contributed by atoms with van der Waals surface area (Å²) in [6.45, 7) is 0.304. The van der Waals surface area contributed by atoms with Crippen LogP contribution in [0.5, 0.6) is 0 Å². The lowest BCUT2D eigenvalue weighted by molar-refractivity contribution is -0.141. The van der Waals surface area contributed by atoms with E-state index in [9.17, 15) is 19.2 Å². The molecule has 1 aromatic carbocycles. The van der Waals surface area contributed by atoms with E-state index in [-0.39, 0.29) is 6.42 Å². The van der Waals surface area contributed by atoms with E-state index in [0.29, 0.717) is 25.8 Å². The Morgan fingerprint density at radius 1 is 1.03 bits per heavy atom. The predicted molar refractivity (Wildman–Crippen MR) is 113 cm³/mol. The number of benzene rings is 1. The first kappa shape index (κ1) is 22.3. The second-order valence-electron chi connectivity index (χ2n) is 7.68. The van der Waals surface area contributed by atoms with E-state index >= 15 is 0 Å². The zero-order valence-corrected chi connectivity index (χ0v) is 17.0. The van der Waals surface area contributed by atoms with E-state index in [2.05, 4.69) is 20.9 Å². The number of carboxylic acids is 1. The van der Waals surface area contributed by atoms with Gasteiger partial charge in [-0.1, -0.05) is 18.2 Å². The van der Waals surface area contributed by atoms with Crippen LogP contribution in [-0.4, -0.2) is 58.5 Å². The predicted octanol–water partition coefficient (Wildman–Crippen LogP) is -0.218. The van der Waals surface area contributed by atoms with Gasteiger partial charge in [0.05, 0.1) is 12.5 Å². The van der Waals surface area contributed by atoms with Crippen molar-refractivity contribution in [1.29, 1.82) is 0 Å². The molecule has 2 aromatic rings. The maximum atomic E-state index is 13.0. The van der Waals surface area contributed by atoms with Crippen molar-refractivity contribution in [2.75, 3.05) is 6.54 Å². The van der Waals surface area contributed by atoms with E-state index in [0.717, 1.165) is 16.5 Å². The molecule has 10 nitrogen and oxygen atoms in total. The van der Waals surface area contributed by atoms with Crippen LogP contribution in [0.15, 0.2) is 30.5 Å². The number of nitrogens with one attached hydrogen (secondary N) is 4. The minimum absolute atomic E-state index is 0.149. The third-order valence-electron chi connectivity index (χ3n) is 5.32. The molecule has 10 heteroatoms. The molecule has 3 rings (SSSR count). The van der Waals surface area contributed by atoms with Crippen molar-refractivity contribution < 1.29 is 24.3 Å². The lowest BCUT2D eigenvalue weighted by atomic mass is 10.0. The highest BCUT2D eigenvalue weighted by Crippen LogP contribution is 2.19. The molecule has 1 aliphatic rings. The summed E-state index contributed by atoms with van der Waals surface area (Å²) in [6, 6.07) is 4.47. The number of aromatic nitrogens is 1. The van der Waals surface area contributed by atoms with Crippen LogP contribution < -0.4 is 21.7 Å². The molecule has 1 fully saturated rings. The Bertz CT molecular complexity index is 972. The summed E-state index contributed by atoms with van der Waals surface area (Å²) in [5.74, 6) is -2.90. The quantitative estimate of drug-likeness (QED) is 0.393. The SMILES string of the molecule is N[C@@H]1CCCCNC(=O)[C@@H](CC(=O)O)NC(=O)[C@H](Cc2c[nH]c3ccccc23)NC1=O. The summed E-state index contributed by atoms with van der Waals surface area (Å²) < 4.78 is 0. The Morgan fingerprint density at radius 2 is 1.77 bits per heavy atom. The molecule has 1 aliphatic heterocycles. The molecule has 31 heavy (non-hydrogen) atoms. The van der Waals surface area contributed by atoms with Gasteiger partial charge in [-0.2, -0.15) is 0 Å².